The molecule has 1 aliphatic rings. The van der Waals surface area contributed by atoms with Crippen molar-refractivity contribution in [3.8, 4) is 5.75 Å². The number of nitrogens with one attached hydrogen (secondary N) is 1. The minimum absolute atomic E-state index is 0.577. The highest BCUT2D eigenvalue weighted by atomic mass is 35.5. The van der Waals surface area contributed by atoms with Crippen molar-refractivity contribution in [1.29, 1.82) is 0 Å². The van der Waals surface area contributed by atoms with E-state index in [1.807, 2.05) is 6.07 Å². The van der Waals surface area contributed by atoms with E-state index in [1.54, 1.807) is 6.07 Å². The van der Waals surface area contributed by atoms with E-state index in [1.165, 1.54) is 0 Å². The van der Waals surface area contributed by atoms with Crippen molar-refractivity contribution in [3.63, 3.8) is 0 Å². The van der Waals surface area contributed by atoms with Gasteiger partial charge in [-0.25, -0.2) is 0 Å². The molecule has 13 heavy (non-hydrogen) atoms. The first kappa shape index (κ1) is 9.13. The standard InChI is InChI=1S/C9H9Cl2NO/c10-7-1-2-8-6(9(7)11)5-12-3-4-13-8/h1-2,12H,3-5H2. The van der Waals surface area contributed by atoms with Gasteiger partial charge < -0.3 is 10.1 Å². The molecule has 0 aromatic heterocycles. The van der Waals surface area contributed by atoms with Crippen LogP contribution < -0.4 is 10.1 Å². The van der Waals surface area contributed by atoms with Crippen LogP contribution in [-0.4, -0.2) is 13.2 Å². The zero-order valence-corrected chi connectivity index (χ0v) is 8.45. The van der Waals surface area contributed by atoms with Gasteiger partial charge in [0.05, 0.1) is 10.0 Å². The first-order chi connectivity index (χ1) is 6.29. The lowest BCUT2D eigenvalue weighted by atomic mass is 10.2. The monoisotopic (exact) mass is 217 g/mol. The van der Waals surface area contributed by atoms with Crippen LogP contribution in [0.15, 0.2) is 12.1 Å². The molecule has 0 bridgehead atoms. The molecular formula is C9H9Cl2NO. The van der Waals surface area contributed by atoms with Gasteiger partial charge in [-0.3, -0.25) is 0 Å². The lowest BCUT2D eigenvalue weighted by Crippen LogP contribution is -2.16. The summed E-state index contributed by atoms with van der Waals surface area (Å²) in [6.45, 7) is 2.22. The molecule has 0 amide bonds. The topological polar surface area (TPSA) is 21.3 Å². The lowest BCUT2D eigenvalue weighted by Gasteiger charge is -2.08. The highest BCUT2D eigenvalue weighted by molar-refractivity contribution is 6.42. The Balaban J connectivity index is 2.48. The Bertz CT molecular complexity index is 328. The van der Waals surface area contributed by atoms with Gasteiger partial charge in [0.1, 0.15) is 12.4 Å². The van der Waals surface area contributed by atoms with Gasteiger partial charge in [-0.2, -0.15) is 0 Å². The van der Waals surface area contributed by atoms with E-state index in [9.17, 15) is 0 Å². The molecule has 0 radical (unpaired) electrons. The summed E-state index contributed by atoms with van der Waals surface area (Å²) in [6.07, 6.45) is 0. The molecule has 4 heteroatoms. The van der Waals surface area contributed by atoms with E-state index < -0.39 is 0 Å². The van der Waals surface area contributed by atoms with Gasteiger partial charge in [-0.05, 0) is 12.1 Å². The van der Waals surface area contributed by atoms with Crippen molar-refractivity contribution in [2.75, 3.05) is 13.2 Å². The van der Waals surface area contributed by atoms with Crippen LogP contribution in [0.1, 0.15) is 5.56 Å². The van der Waals surface area contributed by atoms with Crippen molar-refractivity contribution < 1.29 is 4.74 Å². The first-order valence-electron chi connectivity index (χ1n) is 4.09. The molecule has 70 valence electrons. The number of rotatable bonds is 0. The number of hydrogen-bond acceptors (Lipinski definition) is 2. The minimum Gasteiger partial charge on any atom is -0.492 e. The lowest BCUT2D eigenvalue weighted by molar-refractivity contribution is 0.326. The molecule has 0 saturated heterocycles. The fourth-order valence-corrected chi connectivity index (χ4v) is 1.72. The van der Waals surface area contributed by atoms with E-state index in [4.69, 9.17) is 27.9 Å². The Morgan fingerprint density at radius 1 is 1.31 bits per heavy atom. The van der Waals surface area contributed by atoms with Gasteiger partial charge in [0, 0.05) is 18.7 Å². The summed E-state index contributed by atoms with van der Waals surface area (Å²) < 4.78 is 5.48. The molecular weight excluding hydrogens is 209 g/mol. The number of halogens is 2. The maximum Gasteiger partial charge on any atom is 0.125 e. The molecule has 0 unspecified atom stereocenters. The van der Waals surface area contributed by atoms with E-state index in [0.29, 0.717) is 23.2 Å². The number of hydrogen-bond donors (Lipinski definition) is 1. The fourth-order valence-electron chi connectivity index (χ4n) is 1.32. The van der Waals surface area contributed by atoms with Crippen LogP contribution in [0.3, 0.4) is 0 Å². The van der Waals surface area contributed by atoms with Gasteiger partial charge in [0.15, 0.2) is 0 Å². The number of benzene rings is 1. The molecule has 0 aliphatic carbocycles. The van der Waals surface area contributed by atoms with Crippen molar-refractivity contribution in [3.05, 3.63) is 27.7 Å². The molecule has 0 atom stereocenters. The normalized spacial score (nSPS) is 15.8. The van der Waals surface area contributed by atoms with Crippen LogP contribution in [0.25, 0.3) is 0 Å². The molecule has 1 aromatic rings. The Morgan fingerprint density at radius 3 is 3.00 bits per heavy atom. The van der Waals surface area contributed by atoms with E-state index in [0.717, 1.165) is 17.9 Å². The smallest absolute Gasteiger partial charge is 0.125 e. The second-order valence-corrected chi connectivity index (χ2v) is 3.65. The largest absolute Gasteiger partial charge is 0.492 e. The molecule has 0 saturated carbocycles. The molecule has 2 rings (SSSR count). The van der Waals surface area contributed by atoms with E-state index >= 15 is 0 Å². The van der Waals surface area contributed by atoms with E-state index in [-0.39, 0.29) is 0 Å². The SMILES string of the molecule is Clc1ccc2c(c1Cl)CNCCO2. The van der Waals surface area contributed by atoms with Crippen molar-refractivity contribution in [2.24, 2.45) is 0 Å². The highest BCUT2D eigenvalue weighted by Gasteiger charge is 2.13. The zero-order valence-electron chi connectivity index (χ0n) is 6.94. The van der Waals surface area contributed by atoms with E-state index in [2.05, 4.69) is 5.32 Å². The van der Waals surface area contributed by atoms with Crippen LogP contribution in [0.5, 0.6) is 5.75 Å². The summed E-state index contributed by atoms with van der Waals surface area (Å²) in [5.41, 5.74) is 0.951. The van der Waals surface area contributed by atoms with Gasteiger partial charge in [0.2, 0.25) is 0 Å². The Hall–Kier alpha value is -0.440. The van der Waals surface area contributed by atoms with Gasteiger partial charge in [0.25, 0.3) is 0 Å². The predicted octanol–water partition coefficient (Wildman–Crippen LogP) is 2.48. The number of fused-ring (bicyclic) bond motifs is 1. The van der Waals surface area contributed by atoms with Crippen LogP contribution in [0.2, 0.25) is 10.0 Å². The zero-order chi connectivity index (χ0) is 9.26. The van der Waals surface area contributed by atoms with Crippen LogP contribution in [-0.2, 0) is 6.54 Å². The molecule has 2 nitrogen and oxygen atoms in total. The van der Waals surface area contributed by atoms with Crippen LogP contribution in [0, 0.1) is 0 Å². The molecule has 1 aromatic carbocycles. The summed E-state index contributed by atoms with van der Waals surface area (Å²) in [6, 6.07) is 3.62. The summed E-state index contributed by atoms with van der Waals surface area (Å²) in [7, 11) is 0. The first-order valence-corrected chi connectivity index (χ1v) is 4.85. The van der Waals surface area contributed by atoms with Gasteiger partial charge in [-0.15, -0.1) is 0 Å². The Labute approximate surface area is 86.8 Å². The molecule has 0 fully saturated rings. The average Bonchev–Trinajstić information content (AvgIpc) is 2.36. The third-order valence-corrected chi connectivity index (χ3v) is 2.83. The second kappa shape index (κ2) is 3.74. The molecule has 1 aliphatic heterocycles. The average molecular weight is 218 g/mol. The third-order valence-electron chi connectivity index (χ3n) is 1.99. The molecule has 0 spiro atoms. The van der Waals surface area contributed by atoms with Gasteiger partial charge in [-0.1, -0.05) is 23.2 Å². The summed E-state index contributed by atoms with van der Waals surface area (Å²) in [5.74, 6) is 0.833. The summed E-state index contributed by atoms with van der Waals surface area (Å²) in [4.78, 5) is 0. The second-order valence-electron chi connectivity index (χ2n) is 2.86. The highest BCUT2D eigenvalue weighted by Crippen LogP contribution is 2.33. The maximum absolute atomic E-state index is 6.03. The fraction of sp³-hybridized carbons (Fsp3) is 0.333. The quantitative estimate of drug-likeness (QED) is 0.722. The van der Waals surface area contributed by atoms with Crippen molar-refractivity contribution in [1.82, 2.24) is 5.32 Å². The minimum atomic E-state index is 0.577. The number of ether oxygens (including phenoxy) is 1. The Morgan fingerprint density at radius 2 is 2.15 bits per heavy atom. The predicted molar refractivity (Wildman–Crippen MR) is 53.7 cm³/mol. The summed E-state index contributed by atoms with van der Waals surface area (Å²) in [5, 5.41) is 4.37. The van der Waals surface area contributed by atoms with Crippen LogP contribution in [0.4, 0.5) is 0 Å². The van der Waals surface area contributed by atoms with Crippen molar-refractivity contribution >= 4 is 23.2 Å². The Kier molecular flexibility index (Phi) is 2.63. The van der Waals surface area contributed by atoms with Gasteiger partial charge >= 0.3 is 0 Å². The van der Waals surface area contributed by atoms with Crippen LogP contribution >= 0.6 is 23.2 Å². The summed E-state index contributed by atoms with van der Waals surface area (Å²) >= 11 is 11.9. The molecule has 1 heterocycles. The maximum atomic E-state index is 6.03. The van der Waals surface area contributed by atoms with Crippen molar-refractivity contribution in [2.45, 2.75) is 6.54 Å². The third kappa shape index (κ3) is 1.75. The molecule has 1 N–H and O–H groups in total.